The molecule has 0 saturated heterocycles. The van der Waals surface area contributed by atoms with Crippen molar-refractivity contribution in [3.63, 3.8) is 0 Å². The van der Waals surface area contributed by atoms with Crippen molar-refractivity contribution in [2.75, 3.05) is 0 Å². The highest BCUT2D eigenvalue weighted by Crippen LogP contribution is 2.34. The minimum Gasteiger partial charge on any atom is -0.293 e. The molecule has 2 aromatic rings. The summed E-state index contributed by atoms with van der Waals surface area (Å²) >= 11 is 7.35. The molecule has 0 bridgehead atoms. The van der Waals surface area contributed by atoms with Crippen molar-refractivity contribution in [1.29, 1.82) is 0 Å². The van der Waals surface area contributed by atoms with Crippen LogP contribution in [0.25, 0.3) is 10.4 Å². The second kappa shape index (κ2) is 4.98. The van der Waals surface area contributed by atoms with Crippen LogP contribution in [0.5, 0.6) is 0 Å². The number of benzene rings is 1. The Labute approximate surface area is 108 Å². The van der Waals surface area contributed by atoms with E-state index in [2.05, 4.69) is 0 Å². The molecular weight excluding hydrogens is 259 g/mol. The summed E-state index contributed by atoms with van der Waals surface area (Å²) in [5.74, 6) is -0.241. The van der Waals surface area contributed by atoms with Crippen molar-refractivity contribution in [3.8, 4) is 10.4 Å². The van der Waals surface area contributed by atoms with Gasteiger partial charge in [0.25, 0.3) is 0 Å². The van der Waals surface area contributed by atoms with E-state index in [9.17, 15) is 9.18 Å². The van der Waals surface area contributed by atoms with Gasteiger partial charge in [-0.25, -0.2) is 4.39 Å². The van der Waals surface area contributed by atoms with Gasteiger partial charge in [-0.05, 0) is 30.3 Å². The summed E-state index contributed by atoms with van der Waals surface area (Å²) in [6.07, 6.45) is 0.469. The van der Waals surface area contributed by atoms with Crippen molar-refractivity contribution >= 4 is 28.7 Å². The van der Waals surface area contributed by atoms with Gasteiger partial charge in [-0.2, -0.15) is 0 Å². The van der Waals surface area contributed by atoms with Gasteiger partial charge in [0.1, 0.15) is 5.82 Å². The number of hydrogen-bond donors (Lipinski definition) is 0. The number of carbonyl (C=O) groups excluding carboxylic acids is 1. The van der Waals surface area contributed by atoms with Crippen LogP contribution in [0.4, 0.5) is 4.39 Å². The van der Waals surface area contributed by atoms with Gasteiger partial charge in [0.15, 0.2) is 5.78 Å². The lowest BCUT2D eigenvalue weighted by Crippen LogP contribution is -1.90. The summed E-state index contributed by atoms with van der Waals surface area (Å²) in [5, 5.41) is 0.490. The zero-order chi connectivity index (χ0) is 12.4. The van der Waals surface area contributed by atoms with E-state index in [0.717, 1.165) is 4.88 Å². The Morgan fingerprint density at radius 2 is 2.12 bits per heavy atom. The molecule has 1 aromatic heterocycles. The minimum absolute atomic E-state index is 0.0915. The number of hydrogen-bond acceptors (Lipinski definition) is 2. The van der Waals surface area contributed by atoms with Crippen LogP contribution in [0, 0.1) is 5.82 Å². The lowest BCUT2D eigenvalue weighted by Gasteiger charge is -2.00. The highest BCUT2D eigenvalue weighted by molar-refractivity contribution is 7.17. The SMILES string of the molecule is CCC(=O)c1ccc(-c2cc(F)ccc2Cl)s1. The fraction of sp³-hybridized carbons (Fsp3) is 0.154. The molecule has 0 atom stereocenters. The molecule has 0 N–H and O–H groups in total. The number of halogens is 2. The Hall–Kier alpha value is -1.19. The molecule has 0 fully saturated rings. The highest BCUT2D eigenvalue weighted by Gasteiger charge is 2.11. The summed E-state index contributed by atoms with van der Waals surface area (Å²) in [6, 6.07) is 7.78. The topological polar surface area (TPSA) is 17.1 Å². The molecule has 0 unspecified atom stereocenters. The van der Waals surface area contributed by atoms with Gasteiger partial charge in [-0.3, -0.25) is 4.79 Å². The fourth-order valence-corrected chi connectivity index (χ4v) is 2.81. The molecule has 1 aromatic carbocycles. The molecule has 0 aliphatic carbocycles. The first kappa shape index (κ1) is 12.3. The summed E-state index contributed by atoms with van der Waals surface area (Å²) in [4.78, 5) is 13.0. The third-order valence-corrected chi connectivity index (χ3v) is 3.88. The van der Waals surface area contributed by atoms with Crippen molar-refractivity contribution in [2.24, 2.45) is 0 Å². The van der Waals surface area contributed by atoms with Crippen LogP contribution in [0.1, 0.15) is 23.0 Å². The smallest absolute Gasteiger partial charge is 0.172 e. The van der Waals surface area contributed by atoms with Gasteiger partial charge in [0.05, 0.1) is 4.88 Å². The van der Waals surface area contributed by atoms with E-state index >= 15 is 0 Å². The third-order valence-electron chi connectivity index (χ3n) is 2.40. The number of thiophene rings is 1. The Morgan fingerprint density at radius 1 is 1.35 bits per heavy atom. The molecule has 2 rings (SSSR count). The van der Waals surface area contributed by atoms with Gasteiger partial charge in [-0.15, -0.1) is 11.3 Å². The van der Waals surface area contributed by atoms with Crippen LogP contribution in [-0.2, 0) is 0 Å². The molecule has 0 spiro atoms. The molecule has 0 aliphatic rings. The normalized spacial score (nSPS) is 10.5. The summed E-state index contributed by atoms with van der Waals surface area (Å²) in [7, 11) is 0. The predicted octanol–water partition coefficient (Wildman–Crippen LogP) is 4.80. The van der Waals surface area contributed by atoms with Gasteiger partial charge in [0.2, 0.25) is 0 Å². The van der Waals surface area contributed by atoms with Crippen LogP contribution in [0.3, 0.4) is 0 Å². The zero-order valence-electron chi connectivity index (χ0n) is 9.17. The fourth-order valence-electron chi connectivity index (χ4n) is 1.49. The first-order valence-electron chi connectivity index (χ1n) is 5.20. The van der Waals surface area contributed by atoms with Gasteiger partial charge in [-0.1, -0.05) is 18.5 Å². The van der Waals surface area contributed by atoms with Crippen molar-refractivity contribution < 1.29 is 9.18 Å². The van der Waals surface area contributed by atoms with Crippen LogP contribution in [0.2, 0.25) is 5.02 Å². The van der Waals surface area contributed by atoms with Crippen LogP contribution in [0.15, 0.2) is 30.3 Å². The lowest BCUT2D eigenvalue weighted by molar-refractivity contribution is 0.0992. The largest absolute Gasteiger partial charge is 0.293 e. The first-order valence-corrected chi connectivity index (χ1v) is 6.39. The molecular formula is C13H10ClFOS. The Balaban J connectivity index is 2.43. The van der Waals surface area contributed by atoms with E-state index < -0.39 is 0 Å². The predicted molar refractivity (Wildman–Crippen MR) is 69.3 cm³/mol. The second-order valence-electron chi connectivity index (χ2n) is 3.56. The van der Waals surface area contributed by atoms with E-state index in [-0.39, 0.29) is 11.6 Å². The number of ketones is 1. The van der Waals surface area contributed by atoms with E-state index in [4.69, 9.17) is 11.6 Å². The first-order chi connectivity index (χ1) is 8.11. The van der Waals surface area contributed by atoms with Gasteiger partial charge < -0.3 is 0 Å². The van der Waals surface area contributed by atoms with E-state index in [1.54, 1.807) is 12.1 Å². The van der Waals surface area contributed by atoms with E-state index in [1.807, 2.05) is 6.92 Å². The molecule has 88 valence electrons. The lowest BCUT2D eigenvalue weighted by atomic mass is 10.2. The van der Waals surface area contributed by atoms with E-state index in [0.29, 0.717) is 21.9 Å². The monoisotopic (exact) mass is 268 g/mol. The quantitative estimate of drug-likeness (QED) is 0.731. The summed E-state index contributed by atoms with van der Waals surface area (Å²) in [6.45, 7) is 1.82. The van der Waals surface area contributed by atoms with E-state index in [1.165, 1.54) is 29.5 Å². The van der Waals surface area contributed by atoms with Crippen molar-refractivity contribution in [1.82, 2.24) is 0 Å². The molecule has 4 heteroatoms. The summed E-state index contributed by atoms with van der Waals surface area (Å²) in [5.41, 5.74) is 0.631. The average molecular weight is 269 g/mol. The zero-order valence-corrected chi connectivity index (χ0v) is 10.7. The van der Waals surface area contributed by atoms with Gasteiger partial charge >= 0.3 is 0 Å². The maximum atomic E-state index is 13.1. The number of Topliss-reactive ketones (excluding diaryl/α,β-unsaturated/α-hetero) is 1. The molecule has 1 nitrogen and oxygen atoms in total. The average Bonchev–Trinajstić information content (AvgIpc) is 2.80. The van der Waals surface area contributed by atoms with Crippen molar-refractivity contribution in [2.45, 2.75) is 13.3 Å². The highest BCUT2D eigenvalue weighted by atomic mass is 35.5. The van der Waals surface area contributed by atoms with Crippen LogP contribution >= 0.6 is 22.9 Å². The second-order valence-corrected chi connectivity index (χ2v) is 5.06. The molecule has 17 heavy (non-hydrogen) atoms. The van der Waals surface area contributed by atoms with Crippen LogP contribution < -0.4 is 0 Å². The van der Waals surface area contributed by atoms with Crippen LogP contribution in [-0.4, -0.2) is 5.78 Å². The molecule has 0 aliphatic heterocycles. The molecule has 1 heterocycles. The maximum absolute atomic E-state index is 13.1. The summed E-state index contributed by atoms with van der Waals surface area (Å²) < 4.78 is 13.1. The molecule has 0 saturated carbocycles. The third kappa shape index (κ3) is 2.56. The number of rotatable bonds is 3. The number of carbonyl (C=O) groups is 1. The Kier molecular flexibility index (Phi) is 3.60. The minimum atomic E-state index is -0.332. The van der Waals surface area contributed by atoms with Gasteiger partial charge in [0, 0.05) is 21.9 Å². The maximum Gasteiger partial charge on any atom is 0.172 e. The Morgan fingerprint density at radius 3 is 2.82 bits per heavy atom. The standard InChI is InChI=1S/C13H10ClFOS/c1-2-11(16)13-6-5-12(17-13)9-7-8(15)3-4-10(9)14/h3-7H,2H2,1H3. The molecule has 0 amide bonds. The van der Waals surface area contributed by atoms with Crippen molar-refractivity contribution in [3.05, 3.63) is 46.0 Å². The molecule has 0 radical (unpaired) electrons. The Bertz CT molecular complexity index is 562.